The number of benzene rings is 1. The third kappa shape index (κ3) is 3.59. The SMILES string of the molecule is Cc1ccc2c(c1)NC(=O)[C@@H]2CC(=O)N[C@@H](C)Cc1cnccn1. The molecule has 2 heterocycles. The van der Waals surface area contributed by atoms with Gasteiger partial charge in [-0.2, -0.15) is 0 Å². The highest BCUT2D eigenvalue weighted by Gasteiger charge is 2.32. The Hall–Kier alpha value is -2.76. The van der Waals surface area contributed by atoms with Crippen LogP contribution >= 0.6 is 0 Å². The maximum Gasteiger partial charge on any atom is 0.232 e. The van der Waals surface area contributed by atoms with E-state index in [1.54, 1.807) is 18.6 Å². The zero-order chi connectivity index (χ0) is 17.1. The van der Waals surface area contributed by atoms with Crippen LogP contribution in [0.25, 0.3) is 0 Å². The molecule has 1 aromatic heterocycles. The molecule has 1 aliphatic heterocycles. The van der Waals surface area contributed by atoms with Crippen molar-refractivity contribution < 1.29 is 9.59 Å². The van der Waals surface area contributed by atoms with Crippen LogP contribution < -0.4 is 10.6 Å². The van der Waals surface area contributed by atoms with Crippen molar-refractivity contribution in [3.63, 3.8) is 0 Å². The summed E-state index contributed by atoms with van der Waals surface area (Å²) in [6.07, 6.45) is 5.68. The van der Waals surface area contributed by atoms with Crippen LogP contribution in [0.2, 0.25) is 0 Å². The van der Waals surface area contributed by atoms with Gasteiger partial charge in [-0.05, 0) is 31.0 Å². The molecule has 24 heavy (non-hydrogen) atoms. The Morgan fingerprint density at radius 1 is 1.38 bits per heavy atom. The van der Waals surface area contributed by atoms with Crippen LogP contribution in [0.1, 0.15) is 36.1 Å². The molecule has 2 N–H and O–H groups in total. The van der Waals surface area contributed by atoms with E-state index in [1.807, 2.05) is 32.0 Å². The predicted molar refractivity (Wildman–Crippen MR) is 90.5 cm³/mol. The quantitative estimate of drug-likeness (QED) is 0.880. The maximum absolute atomic E-state index is 12.3. The van der Waals surface area contributed by atoms with E-state index in [0.717, 1.165) is 22.5 Å². The van der Waals surface area contributed by atoms with Crippen LogP contribution in [0.5, 0.6) is 0 Å². The molecule has 0 radical (unpaired) electrons. The smallest absolute Gasteiger partial charge is 0.232 e. The second kappa shape index (κ2) is 6.78. The van der Waals surface area contributed by atoms with E-state index in [1.165, 1.54) is 0 Å². The number of hydrogen-bond donors (Lipinski definition) is 2. The minimum absolute atomic E-state index is 0.0730. The van der Waals surface area contributed by atoms with Gasteiger partial charge in [0.15, 0.2) is 0 Å². The molecule has 2 amide bonds. The normalized spacial score (nSPS) is 17.1. The number of aryl methyl sites for hydroxylation is 1. The standard InChI is InChI=1S/C18H20N4O2/c1-11-3-4-14-15(18(24)22-16(14)7-11)9-17(23)21-12(2)8-13-10-19-5-6-20-13/h3-7,10,12,15H,8-9H2,1-2H3,(H,21,23)(H,22,24)/t12-,15+/m0/s1. The van der Waals surface area contributed by atoms with Gasteiger partial charge in [-0.15, -0.1) is 0 Å². The van der Waals surface area contributed by atoms with Crippen molar-refractivity contribution in [1.82, 2.24) is 15.3 Å². The Balaban J connectivity index is 1.60. The lowest BCUT2D eigenvalue weighted by Crippen LogP contribution is -2.35. The van der Waals surface area contributed by atoms with Crippen LogP contribution in [0, 0.1) is 6.92 Å². The summed E-state index contributed by atoms with van der Waals surface area (Å²) in [4.78, 5) is 32.7. The average molecular weight is 324 g/mol. The van der Waals surface area contributed by atoms with E-state index in [4.69, 9.17) is 0 Å². The molecule has 3 rings (SSSR count). The number of amides is 2. The van der Waals surface area contributed by atoms with Gasteiger partial charge in [-0.3, -0.25) is 19.6 Å². The van der Waals surface area contributed by atoms with Crippen LogP contribution in [0.15, 0.2) is 36.8 Å². The zero-order valence-electron chi connectivity index (χ0n) is 13.7. The van der Waals surface area contributed by atoms with Gasteiger partial charge >= 0.3 is 0 Å². The minimum atomic E-state index is -0.427. The van der Waals surface area contributed by atoms with Gasteiger partial charge in [0.05, 0.1) is 11.6 Å². The fourth-order valence-corrected chi connectivity index (χ4v) is 2.97. The summed E-state index contributed by atoms with van der Waals surface area (Å²) < 4.78 is 0. The number of carbonyl (C=O) groups excluding carboxylic acids is 2. The number of nitrogens with zero attached hydrogens (tertiary/aromatic N) is 2. The molecule has 124 valence electrons. The molecule has 0 saturated heterocycles. The molecule has 2 aromatic rings. The summed E-state index contributed by atoms with van der Waals surface area (Å²) in [6.45, 7) is 3.89. The lowest BCUT2D eigenvalue weighted by molar-refractivity contribution is -0.125. The van der Waals surface area contributed by atoms with Gasteiger partial charge in [0.2, 0.25) is 11.8 Å². The monoisotopic (exact) mass is 324 g/mol. The van der Waals surface area contributed by atoms with E-state index in [0.29, 0.717) is 6.42 Å². The molecule has 0 bridgehead atoms. The summed E-state index contributed by atoms with van der Waals surface area (Å²) >= 11 is 0. The van der Waals surface area contributed by atoms with Crippen LogP contribution in [0.3, 0.4) is 0 Å². The summed E-state index contributed by atoms with van der Waals surface area (Å²) in [7, 11) is 0. The summed E-state index contributed by atoms with van der Waals surface area (Å²) in [5.41, 5.74) is 3.61. The Morgan fingerprint density at radius 2 is 2.21 bits per heavy atom. The lowest BCUT2D eigenvalue weighted by atomic mass is 9.96. The third-order valence-electron chi connectivity index (χ3n) is 4.09. The van der Waals surface area contributed by atoms with Crippen molar-refractivity contribution in [3.8, 4) is 0 Å². The molecule has 0 spiro atoms. The summed E-state index contributed by atoms with van der Waals surface area (Å²) in [5, 5.41) is 5.78. The van der Waals surface area contributed by atoms with Gasteiger partial charge in [-0.1, -0.05) is 12.1 Å². The Morgan fingerprint density at radius 3 is 2.96 bits per heavy atom. The topological polar surface area (TPSA) is 84.0 Å². The van der Waals surface area contributed by atoms with E-state index in [-0.39, 0.29) is 24.3 Å². The van der Waals surface area contributed by atoms with Crippen LogP contribution in [-0.4, -0.2) is 27.8 Å². The van der Waals surface area contributed by atoms with E-state index in [2.05, 4.69) is 20.6 Å². The molecule has 2 atom stereocenters. The molecule has 1 aromatic carbocycles. The maximum atomic E-state index is 12.3. The first-order chi connectivity index (χ1) is 11.5. The fourth-order valence-electron chi connectivity index (χ4n) is 2.97. The summed E-state index contributed by atoms with van der Waals surface area (Å²) in [6, 6.07) is 5.74. The highest BCUT2D eigenvalue weighted by atomic mass is 16.2. The first kappa shape index (κ1) is 16.1. The van der Waals surface area contributed by atoms with Crippen molar-refractivity contribution in [2.24, 2.45) is 0 Å². The Bertz CT molecular complexity index is 761. The lowest BCUT2D eigenvalue weighted by Gasteiger charge is -2.15. The largest absolute Gasteiger partial charge is 0.353 e. The number of carbonyl (C=O) groups is 2. The molecular weight excluding hydrogens is 304 g/mol. The second-order valence-corrected chi connectivity index (χ2v) is 6.21. The molecule has 6 nitrogen and oxygen atoms in total. The third-order valence-corrected chi connectivity index (χ3v) is 4.09. The van der Waals surface area contributed by atoms with Crippen LogP contribution in [0.4, 0.5) is 5.69 Å². The van der Waals surface area contributed by atoms with Gasteiger partial charge in [-0.25, -0.2) is 0 Å². The predicted octanol–water partition coefficient (Wildman–Crippen LogP) is 1.96. The van der Waals surface area contributed by atoms with Crippen LogP contribution in [-0.2, 0) is 16.0 Å². The molecule has 0 unspecified atom stereocenters. The molecule has 6 heteroatoms. The number of fused-ring (bicyclic) bond motifs is 1. The van der Waals surface area contributed by atoms with Gasteiger partial charge in [0.25, 0.3) is 0 Å². The molecular formula is C18H20N4O2. The minimum Gasteiger partial charge on any atom is -0.353 e. The number of anilines is 1. The highest BCUT2D eigenvalue weighted by Crippen LogP contribution is 2.35. The van der Waals surface area contributed by atoms with Crippen molar-refractivity contribution in [2.75, 3.05) is 5.32 Å². The average Bonchev–Trinajstić information content (AvgIpc) is 2.83. The zero-order valence-corrected chi connectivity index (χ0v) is 13.7. The van der Waals surface area contributed by atoms with Crippen molar-refractivity contribution in [1.29, 1.82) is 0 Å². The molecule has 0 fully saturated rings. The second-order valence-electron chi connectivity index (χ2n) is 6.21. The fraction of sp³-hybridized carbons (Fsp3) is 0.333. The molecule has 1 aliphatic rings. The highest BCUT2D eigenvalue weighted by molar-refractivity contribution is 6.05. The number of aromatic nitrogens is 2. The van der Waals surface area contributed by atoms with Crippen molar-refractivity contribution in [3.05, 3.63) is 53.6 Å². The Kier molecular flexibility index (Phi) is 4.55. The Labute approximate surface area is 140 Å². The first-order valence-corrected chi connectivity index (χ1v) is 7.98. The summed E-state index contributed by atoms with van der Waals surface area (Å²) in [5.74, 6) is -0.684. The van der Waals surface area contributed by atoms with Gasteiger partial charge < -0.3 is 10.6 Å². The number of hydrogen-bond acceptors (Lipinski definition) is 4. The van der Waals surface area contributed by atoms with Crippen molar-refractivity contribution >= 4 is 17.5 Å². The van der Waals surface area contributed by atoms with E-state index in [9.17, 15) is 9.59 Å². The van der Waals surface area contributed by atoms with E-state index >= 15 is 0 Å². The molecule has 0 saturated carbocycles. The van der Waals surface area contributed by atoms with E-state index < -0.39 is 5.92 Å². The van der Waals surface area contributed by atoms with Gasteiger partial charge in [0.1, 0.15) is 0 Å². The van der Waals surface area contributed by atoms with Crippen molar-refractivity contribution in [2.45, 2.75) is 38.6 Å². The van der Waals surface area contributed by atoms with Gasteiger partial charge in [0, 0.05) is 43.2 Å². The molecule has 0 aliphatic carbocycles. The first-order valence-electron chi connectivity index (χ1n) is 7.98. The number of rotatable bonds is 5. The number of nitrogens with one attached hydrogen (secondary N) is 2.